The van der Waals surface area contributed by atoms with Gasteiger partial charge in [-0.05, 0) is 38.3 Å². The number of thiazole rings is 1. The molecule has 1 aliphatic rings. The molecule has 0 amide bonds. The highest BCUT2D eigenvalue weighted by Gasteiger charge is 2.15. The predicted octanol–water partition coefficient (Wildman–Crippen LogP) is 2.81. The molecule has 0 spiro atoms. The number of rotatable bonds is 3. The average Bonchev–Trinajstić information content (AvgIpc) is 2.68. The van der Waals surface area contributed by atoms with Crippen LogP contribution in [0.25, 0.3) is 0 Å². The second-order valence-electron chi connectivity index (χ2n) is 4.75. The van der Waals surface area contributed by atoms with Crippen LogP contribution in [-0.4, -0.2) is 18.1 Å². The zero-order valence-corrected chi connectivity index (χ0v) is 10.4. The van der Waals surface area contributed by atoms with E-state index in [1.54, 1.807) is 0 Å². The van der Waals surface area contributed by atoms with Crippen LogP contribution in [0.2, 0.25) is 0 Å². The largest absolute Gasteiger partial charge is 0.316 e. The van der Waals surface area contributed by atoms with Crippen molar-refractivity contribution in [1.29, 1.82) is 0 Å². The summed E-state index contributed by atoms with van der Waals surface area (Å²) in [6.07, 6.45) is 3.85. The Morgan fingerprint density at radius 1 is 1.60 bits per heavy atom. The first-order chi connectivity index (χ1) is 7.25. The third-order valence-electron chi connectivity index (χ3n) is 2.96. The molecule has 15 heavy (non-hydrogen) atoms. The van der Waals surface area contributed by atoms with E-state index in [0.717, 1.165) is 12.3 Å². The lowest BCUT2D eigenvalue weighted by molar-refractivity contribution is 0.374. The molecule has 2 rings (SSSR count). The van der Waals surface area contributed by atoms with E-state index in [-0.39, 0.29) is 0 Å². The molecule has 1 aromatic heterocycles. The van der Waals surface area contributed by atoms with Crippen LogP contribution in [-0.2, 0) is 6.42 Å². The van der Waals surface area contributed by atoms with Gasteiger partial charge in [0.25, 0.3) is 0 Å². The third kappa shape index (κ3) is 3.02. The normalized spacial score (nSPS) is 22.2. The number of piperidine rings is 1. The summed E-state index contributed by atoms with van der Waals surface area (Å²) in [5.74, 6) is 1.38. The summed E-state index contributed by atoms with van der Waals surface area (Å²) in [7, 11) is 0. The quantitative estimate of drug-likeness (QED) is 0.854. The molecule has 1 N–H and O–H groups in total. The van der Waals surface area contributed by atoms with Gasteiger partial charge >= 0.3 is 0 Å². The highest BCUT2D eigenvalue weighted by atomic mass is 32.1. The van der Waals surface area contributed by atoms with Crippen molar-refractivity contribution >= 4 is 11.3 Å². The van der Waals surface area contributed by atoms with Crippen molar-refractivity contribution in [3.05, 3.63) is 16.1 Å². The van der Waals surface area contributed by atoms with Gasteiger partial charge in [0.2, 0.25) is 0 Å². The molecule has 2 heterocycles. The van der Waals surface area contributed by atoms with Crippen molar-refractivity contribution in [1.82, 2.24) is 10.3 Å². The first-order valence-corrected chi connectivity index (χ1v) is 6.78. The van der Waals surface area contributed by atoms with Gasteiger partial charge in [-0.15, -0.1) is 11.3 Å². The van der Waals surface area contributed by atoms with Crippen LogP contribution in [0, 0.1) is 5.92 Å². The van der Waals surface area contributed by atoms with Crippen LogP contribution in [0.5, 0.6) is 0 Å². The molecule has 1 aromatic rings. The molecule has 0 saturated carbocycles. The molecule has 2 nitrogen and oxygen atoms in total. The lowest BCUT2D eigenvalue weighted by atomic mass is 9.95. The van der Waals surface area contributed by atoms with Gasteiger partial charge in [0.1, 0.15) is 0 Å². The second kappa shape index (κ2) is 5.08. The minimum Gasteiger partial charge on any atom is -0.316 e. The Hall–Kier alpha value is -0.410. The van der Waals surface area contributed by atoms with E-state index in [9.17, 15) is 0 Å². The fourth-order valence-electron chi connectivity index (χ4n) is 2.08. The van der Waals surface area contributed by atoms with Crippen LogP contribution < -0.4 is 5.32 Å². The Balaban J connectivity index is 1.91. The topological polar surface area (TPSA) is 24.9 Å². The van der Waals surface area contributed by atoms with Gasteiger partial charge in [-0.25, -0.2) is 4.98 Å². The van der Waals surface area contributed by atoms with Gasteiger partial charge in [0.05, 0.1) is 10.7 Å². The van der Waals surface area contributed by atoms with Gasteiger partial charge in [0, 0.05) is 11.3 Å². The van der Waals surface area contributed by atoms with E-state index in [0.29, 0.717) is 5.92 Å². The summed E-state index contributed by atoms with van der Waals surface area (Å²) >= 11 is 1.81. The van der Waals surface area contributed by atoms with Crippen molar-refractivity contribution < 1.29 is 0 Å². The molecular formula is C12H20N2S. The van der Waals surface area contributed by atoms with E-state index < -0.39 is 0 Å². The fraction of sp³-hybridized carbons (Fsp3) is 0.750. The van der Waals surface area contributed by atoms with Crippen LogP contribution >= 0.6 is 11.3 Å². The zero-order chi connectivity index (χ0) is 10.7. The first-order valence-electron chi connectivity index (χ1n) is 5.90. The Morgan fingerprint density at radius 2 is 2.47 bits per heavy atom. The highest BCUT2D eigenvalue weighted by molar-refractivity contribution is 7.09. The standard InChI is InChI=1S/C12H20N2S/c1-9(2)12-14-11(8-15-12)6-10-4-3-5-13-7-10/h8-10,13H,3-7H2,1-2H3. The van der Waals surface area contributed by atoms with Crippen molar-refractivity contribution in [2.45, 2.75) is 39.0 Å². The van der Waals surface area contributed by atoms with E-state index in [1.807, 2.05) is 11.3 Å². The monoisotopic (exact) mass is 224 g/mol. The fourth-order valence-corrected chi connectivity index (χ4v) is 2.92. The number of hydrogen-bond donors (Lipinski definition) is 1. The van der Waals surface area contributed by atoms with Crippen molar-refractivity contribution in [2.24, 2.45) is 5.92 Å². The third-order valence-corrected chi connectivity index (χ3v) is 4.15. The van der Waals surface area contributed by atoms with Crippen molar-refractivity contribution in [3.8, 4) is 0 Å². The molecule has 1 fully saturated rings. The van der Waals surface area contributed by atoms with Gasteiger partial charge in [0.15, 0.2) is 0 Å². The second-order valence-corrected chi connectivity index (χ2v) is 5.64. The number of hydrogen-bond acceptors (Lipinski definition) is 3. The molecular weight excluding hydrogens is 204 g/mol. The van der Waals surface area contributed by atoms with Crippen LogP contribution in [0.15, 0.2) is 5.38 Å². The highest BCUT2D eigenvalue weighted by Crippen LogP contribution is 2.22. The van der Waals surface area contributed by atoms with Gasteiger partial charge in [-0.3, -0.25) is 0 Å². The molecule has 1 unspecified atom stereocenters. The van der Waals surface area contributed by atoms with Gasteiger partial charge in [-0.1, -0.05) is 13.8 Å². The summed E-state index contributed by atoms with van der Waals surface area (Å²) in [5, 5.41) is 6.99. The van der Waals surface area contributed by atoms with Crippen molar-refractivity contribution in [3.63, 3.8) is 0 Å². The Morgan fingerprint density at radius 3 is 3.07 bits per heavy atom. The SMILES string of the molecule is CC(C)c1nc(CC2CCCNC2)cs1. The first kappa shape index (κ1) is 11.1. The summed E-state index contributed by atoms with van der Waals surface area (Å²) < 4.78 is 0. The van der Waals surface area contributed by atoms with Gasteiger partial charge in [-0.2, -0.15) is 0 Å². The maximum atomic E-state index is 4.69. The smallest absolute Gasteiger partial charge is 0.0953 e. The summed E-state index contributed by atoms with van der Waals surface area (Å²) in [4.78, 5) is 4.69. The molecule has 3 heteroatoms. The molecule has 1 aliphatic heterocycles. The average molecular weight is 224 g/mol. The van der Waals surface area contributed by atoms with Crippen molar-refractivity contribution in [2.75, 3.05) is 13.1 Å². The lowest BCUT2D eigenvalue weighted by Crippen LogP contribution is -2.30. The van der Waals surface area contributed by atoms with Crippen LogP contribution in [0.3, 0.4) is 0 Å². The summed E-state index contributed by atoms with van der Waals surface area (Å²) in [6, 6.07) is 0. The Labute approximate surface area is 96.1 Å². The molecule has 1 saturated heterocycles. The number of aromatic nitrogens is 1. The minimum atomic E-state index is 0.577. The minimum absolute atomic E-state index is 0.577. The van der Waals surface area contributed by atoms with E-state index in [2.05, 4.69) is 24.5 Å². The number of nitrogens with one attached hydrogen (secondary N) is 1. The van der Waals surface area contributed by atoms with E-state index in [4.69, 9.17) is 4.98 Å². The Bertz CT molecular complexity index is 300. The predicted molar refractivity (Wildman–Crippen MR) is 65.5 cm³/mol. The maximum absolute atomic E-state index is 4.69. The molecule has 0 aromatic carbocycles. The molecule has 1 atom stereocenters. The number of nitrogens with zero attached hydrogens (tertiary/aromatic N) is 1. The maximum Gasteiger partial charge on any atom is 0.0953 e. The van der Waals surface area contributed by atoms with Gasteiger partial charge < -0.3 is 5.32 Å². The molecule has 0 radical (unpaired) electrons. The molecule has 0 bridgehead atoms. The van der Waals surface area contributed by atoms with Crippen LogP contribution in [0.4, 0.5) is 0 Å². The zero-order valence-electron chi connectivity index (χ0n) is 9.62. The molecule has 84 valence electrons. The van der Waals surface area contributed by atoms with Crippen LogP contribution in [0.1, 0.15) is 43.3 Å². The Kier molecular flexibility index (Phi) is 3.76. The van der Waals surface area contributed by atoms with E-state index in [1.165, 1.54) is 36.6 Å². The van der Waals surface area contributed by atoms with E-state index >= 15 is 0 Å². The summed E-state index contributed by atoms with van der Waals surface area (Å²) in [5.41, 5.74) is 1.30. The molecule has 0 aliphatic carbocycles. The lowest BCUT2D eigenvalue weighted by Gasteiger charge is -2.21. The summed E-state index contributed by atoms with van der Waals surface area (Å²) in [6.45, 7) is 6.80.